The number of nitrogens with zero attached hydrogens (tertiary/aromatic N) is 2. The minimum absolute atomic E-state index is 0.0722. The van der Waals surface area contributed by atoms with Crippen LogP contribution >= 0.6 is 11.8 Å². The molecule has 0 bridgehead atoms. The van der Waals surface area contributed by atoms with Crippen LogP contribution in [0.2, 0.25) is 0 Å². The van der Waals surface area contributed by atoms with Crippen molar-refractivity contribution in [3.05, 3.63) is 35.9 Å². The van der Waals surface area contributed by atoms with E-state index in [9.17, 15) is 9.59 Å². The van der Waals surface area contributed by atoms with Gasteiger partial charge in [0.25, 0.3) is 0 Å². The van der Waals surface area contributed by atoms with Gasteiger partial charge in [0.2, 0.25) is 11.8 Å². The Morgan fingerprint density at radius 2 is 2.21 bits per heavy atom. The summed E-state index contributed by atoms with van der Waals surface area (Å²) in [6, 6.07) is 7.73. The maximum Gasteiger partial charge on any atom is 0.242 e. The van der Waals surface area contributed by atoms with Gasteiger partial charge < -0.3 is 14.8 Å². The summed E-state index contributed by atoms with van der Waals surface area (Å²) in [6.07, 6.45) is 5.18. The molecular formula is C21H25N3O4S. The number of rotatable bonds is 7. The second kappa shape index (κ2) is 9.00. The summed E-state index contributed by atoms with van der Waals surface area (Å²) in [5.41, 5.74) is 1.72. The first-order chi connectivity index (χ1) is 14.1. The zero-order valence-corrected chi connectivity index (χ0v) is 17.2. The smallest absolute Gasteiger partial charge is 0.242 e. The molecule has 1 N–H and O–H groups in total. The number of carbonyl (C=O) groups excluding carboxylic acids is 2. The second-order valence-electron chi connectivity index (χ2n) is 7.35. The van der Waals surface area contributed by atoms with Crippen molar-refractivity contribution in [1.29, 1.82) is 0 Å². The molecule has 7 nitrogen and oxygen atoms in total. The molecule has 1 atom stereocenters. The van der Waals surface area contributed by atoms with Gasteiger partial charge in [-0.25, -0.2) is 4.99 Å². The molecule has 1 saturated heterocycles. The summed E-state index contributed by atoms with van der Waals surface area (Å²) in [7, 11) is 1.60. The monoisotopic (exact) mass is 415 g/mol. The van der Waals surface area contributed by atoms with E-state index in [1.165, 1.54) is 11.8 Å². The number of methoxy groups -OCH3 is 1. The lowest BCUT2D eigenvalue weighted by molar-refractivity contribution is -0.129. The van der Waals surface area contributed by atoms with E-state index >= 15 is 0 Å². The predicted octanol–water partition coefficient (Wildman–Crippen LogP) is 2.64. The maximum absolute atomic E-state index is 13.1. The van der Waals surface area contributed by atoms with Gasteiger partial charge in [0.1, 0.15) is 16.7 Å². The Bertz CT molecular complexity index is 850. The number of amidine groups is 1. The minimum Gasteiger partial charge on any atom is -0.494 e. The van der Waals surface area contributed by atoms with Crippen molar-refractivity contribution < 1.29 is 19.1 Å². The van der Waals surface area contributed by atoms with Crippen LogP contribution < -0.4 is 10.1 Å². The number of para-hydroxylation sites is 2. The lowest BCUT2D eigenvalue weighted by Gasteiger charge is -2.21. The van der Waals surface area contributed by atoms with E-state index in [4.69, 9.17) is 14.5 Å². The largest absolute Gasteiger partial charge is 0.494 e. The maximum atomic E-state index is 13.1. The molecule has 154 valence electrons. The molecule has 1 aliphatic carbocycles. The summed E-state index contributed by atoms with van der Waals surface area (Å²) >= 11 is 1.35. The van der Waals surface area contributed by atoms with Crippen LogP contribution in [0, 0.1) is 0 Å². The van der Waals surface area contributed by atoms with Gasteiger partial charge in [0, 0.05) is 12.5 Å². The zero-order valence-electron chi connectivity index (χ0n) is 16.4. The van der Waals surface area contributed by atoms with E-state index in [1.807, 2.05) is 24.3 Å². The molecule has 0 spiro atoms. The zero-order chi connectivity index (χ0) is 20.2. The molecule has 3 aliphatic rings. The Morgan fingerprint density at radius 3 is 2.93 bits per heavy atom. The Balaban J connectivity index is 1.56. The molecule has 2 aliphatic heterocycles. The van der Waals surface area contributed by atoms with Crippen LogP contribution in [0.15, 0.2) is 40.9 Å². The van der Waals surface area contributed by atoms with Gasteiger partial charge in [-0.15, -0.1) is 0 Å². The fraction of sp³-hybridized carbons (Fsp3) is 0.476. The molecule has 2 amide bonds. The first-order valence-electron chi connectivity index (χ1n) is 9.89. The minimum atomic E-state index is -0.465. The topological polar surface area (TPSA) is 80.2 Å². The summed E-state index contributed by atoms with van der Waals surface area (Å²) in [5, 5.41) is 3.09. The number of ether oxygens (including phenoxy) is 2. The molecule has 2 heterocycles. The third-order valence-corrected chi connectivity index (χ3v) is 6.15. The lowest BCUT2D eigenvalue weighted by Crippen LogP contribution is -2.37. The number of hydrogen-bond donors (Lipinski definition) is 1. The first kappa shape index (κ1) is 20.0. The average Bonchev–Trinajstić information content (AvgIpc) is 3.50. The van der Waals surface area contributed by atoms with Crippen molar-refractivity contribution >= 4 is 34.4 Å². The van der Waals surface area contributed by atoms with Gasteiger partial charge in [-0.2, -0.15) is 0 Å². The van der Waals surface area contributed by atoms with Crippen LogP contribution in [0.25, 0.3) is 0 Å². The van der Waals surface area contributed by atoms with Gasteiger partial charge in [-0.3, -0.25) is 14.5 Å². The van der Waals surface area contributed by atoms with Crippen LogP contribution in [0.3, 0.4) is 0 Å². The van der Waals surface area contributed by atoms with Crippen molar-refractivity contribution in [3.63, 3.8) is 0 Å². The number of amides is 2. The van der Waals surface area contributed by atoms with Crippen molar-refractivity contribution in [3.8, 4) is 5.75 Å². The summed E-state index contributed by atoms with van der Waals surface area (Å²) in [6.45, 7) is 1.65. The molecule has 29 heavy (non-hydrogen) atoms. The van der Waals surface area contributed by atoms with Gasteiger partial charge in [0.05, 0.1) is 26.9 Å². The van der Waals surface area contributed by atoms with E-state index in [0.29, 0.717) is 36.4 Å². The highest BCUT2D eigenvalue weighted by Gasteiger charge is 2.40. The Labute approximate surface area is 174 Å². The molecule has 0 aromatic heterocycles. The molecule has 0 radical (unpaired) electrons. The van der Waals surface area contributed by atoms with Gasteiger partial charge in [-0.05, 0) is 37.0 Å². The molecule has 8 heteroatoms. The van der Waals surface area contributed by atoms with E-state index in [-0.39, 0.29) is 24.3 Å². The Kier molecular flexibility index (Phi) is 6.20. The highest BCUT2D eigenvalue weighted by Crippen LogP contribution is 2.35. The van der Waals surface area contributed by atoms with Crippen LogP contribution in [0.1, 0.15) is 25.7 Å². The standard InChI is InChI=1S/C21H25N3O4S/c1-27-17-7-3-2-6-16(17)23-21-24(12-14-5-4-10-28-13-14)20(26)18(29-21)11-19(25)22-15-8-9-15/h2-3,5-7,15,18H,4,8-13H2,1H3,(H,22,25). The van der Waals surface area contributed by atoms with E-state index in [0.717, 1.165) is 24.8 Å². The molecule has 1 unspecified atom stereocenters. The van der Waals surface area contributed by atoms with E-state index in [1.54, 1.807) is 12.0 Å². The third-order valence-electron chi connectivity index (χ3n) is 4.98. The van der Waals surface area contributed by atoms with Crippen LogP contribution in [0.5, 0.6) is 5.75 Å². The van der Waals surface area contributed by atoms with Gasteiger partial charge in [-0.1, -0.05) is 30.0 Å². The molecular weight excluding hydrogens is 390 g/mol. The SMILES string of the molecule is COc1ccccc1N=C1SC(CC(=O)NC2CC2)C(=O)N1CC1=CCCOC1. The summed E-state index contributed by atoms with van der Waals surface area (Å²) in [4.78, 5) is 31.8. The highest BCUT2D eigenvalue weighted by atomic mass is 32.2. The summed E-state index contributed by atoms with van der Waals surface area (Å²) in [5.74, 6) is 0.487. The second-order valence-corrected chi connectivity index (χ2v) is 8.52. The molecule has 1 saturated carbocycles. The first-order valence-corrected chi connectivity index (χ1v) is 10.8. The predicted molar refractivity (Wildman–Crippen MR) is 112 cm³/mol. The Morgan fingerprint density at radius 1 is 1.38 bits per heavy atom. The number of nitrogens with one attached hydrogen (secondary N) is 1. The van der Waals surface area contributed by atoms with Crippen LogP contribution in [-0.2, 0) is 14.3 Å². The van der Waals surface area contributed by atoms with Gasteiger partial charge >= 0.3 is 0 Å². The van der Waals surface area contributed by atoms with Crippen LogP contribution in [0.4, 0.5) is 5.69 Å². The quantitative estimate of drug-likeness (QED) is 0.693. The molecule has 1 aromatic carbocycles. The fourth-order valence-electron chi connectivity index (χ4n) is 3.30. The van der Waals surface area contributed by atoms with Crippen molar-refractivity contribution in [2.45, 2.75) is 37.0 Å². The number of aliphatic imine (C=N–C) groups is 1. The van der Waals surface area contributed by atoms with Crippen LogP contribution in [-0.4, -0.2) is 60.0 Å². The summed E-state index contributed by atoms with van der Waals surface area (Å²) < 4.78 is 10.9. The fourth-order valence-corrected chi connectivity index (χ4v) is 4.45. The van der Waals surface area contributed by atoms with Crippen molar-refractivity contribution in [1.82, 2.24) is 10.2 Å². The van der Waals surface area contributed by atoms with Gasteiger partial charge in [0.15, 0.2) is 5.17 Å². The number of benzene rings is 1. The normalized spacial score (nSPS) is 23.3. The van der Waals surface area contributed by atoms with Crippen molar-refractivity contribution in [2.75, 3.05) is 26.9 Å². The number of carbonyl (C=O) groups is 2. The molecule has 1 aromatic rings. The molecule has 4 rings (SSSR count). The lowest BCUT2D eigenvalue weighted by atomic mass is 10.1. The highest BCUT2D eigenvalue weighted by molar-refractivity contribution is 8.15. The number of hydrogen-bond acceptors (Lipinski definition) is 6. The van der Waals surface area contributed by atoms with E-state index < -0.39 is 5.25 Å². The van der Waals surface area contributed by atoms with E-state index in [2.05, 4.69) is 11.4 Å². The van der Waals surface area contributed by atoms with Crippen molar-refractivity contribution in [2.24, 2.45) is 4.99 Å². The Hall–Kier alpha value is -2.32. The average molecular weight is 416 g/mol. The third kappa shape index (κ3) is 5.00. The molecule has 2 fully saturated rings. The number of thioether (sulfide) groups is 1.